The lowest BCUT2D eigenvalue weighted by Crippen LogP contribution is -2.32. The Morgan fingerprint density at radius 3 is 2.58 bits per heavy atom. The molecule has 0 aliphatic carbocycles. The molecule has 0 spiro atoms. The summed E-state index contributed by atoms with van der Waals surface area (Å²) in [6.45, 7) is 0.501. The van der Waals surface area contributed by atoms with Crippen LogP contribution in [0.3, 0.4) is 0 Å². The van der Waals surface area contributed by atoms with Gasteiger partial charge in [-0.05, 0) is 24.3 Å². The molecule has 0 radical (unpaired) electrons. The van der Waals surface area contributed by atoms with Gasteiger partial charge in [0.25, 0.3) is 5.91 Å². The van der Waals surface area contributed by atoms with E-state index in [-0.39, 0.29) is 24.4 Å². The maximum atomic E-state index is 13.4. The molecule has 126 valence electrons. The summed E-state index contributed by atoms with van der Waals surface area (Å²) in [5.41, 5.74) is 0.616. The number of hydrogen-bond donors (Lipinski definition) is 2. The van der Waals surface area contributed by atoms with Crippen LogP contribution in [0.5, 0.6) is 0 Å². The first-order valence-corrected chi connectivity index (χ1v) is 7.46. The summed E-state index contributed by atoms with van der Waals surface area (Å²) in [4.78, 5) is 27.5. The highest BCUT2D eigenvalue weighted by atomic mass is 19.1. The van der Waals surface area contributed by atoms with Crippen LogP contribution in [-0.2, 0) is 11.2 Å². The van der Waals surface area contributed by atoms with Gasteiger partial charge in [0.05, 0.1) is 5.56 Å². The van der Waals surface area contributed by atoms with Gasteiger partial charge in [-0.15, -0.1) is 0 Å². The zero-order chi connectivity index (χ0) is 17.4. The molecule has 0 atom stereocenters. The number of rotatable bonds is 7. The highest BCUT2D eigenvalue weighted by molar-refractivity contribution is 5.94. The number of pyridine rings is 1. The summed E-state index contributed by atoms with van der Waals surface area (Å²) < 4.78 is 26.2. The largest absolute Gasteiger partial charge is 0.356 e. The monoisotopic (exact) mass is 333 g/mol. The predicted molar refractivity (Wildman–Crippen MR) is 84.3 cm³/mol. The van der Waals surface area contributed by atoms with Crippen LogP contribution in [-0.4, -0.2) is 29.9 Å². The average molecular weight is 333 g/mol. The van der Waals surface area contributed by atoms with E-state index in [0.717, 1.165) is 17.8 Å². The zero-order valence-electron chi connectivity index (χ0n) is 12.9. The molecule has 0 unspecified atom stereocenters. The number of amides is 2. The zero-order valence-corrected chi connectivity index (χ0v) is 12.9. The summed E-state index contributed by atoms with van der Waals surface area (Å²) in [5, 5.41) is 5.13. The van der Waals surface area contributed by atoms with Crippen molar-refractivity contribution in [2.45, 2.75) is 12.8 Å². The second-order valence-corrected chi connectivity index (χ2v) is 5.05. The summed E-state index contributed by atoms with van der Waals surface area (Å²) >= 11 is 0. The molecule has 0 saturated heterocycles. The first-order valence-electron chi connectivity index (χ1n) is 7.46. The van der Waals surface area contributed by atoms with Crippen LogP contribution >= 0.6 is 0 Å². The minimum atomic E-state index is -0.938. The van der Waals surface area contributed by atoms with E-state index in [2.05, 4.69) is 15.6 Å². The molecule has 0 bridgehead atoms. The van der Waals surface area contributed by atoms with Crippen molar-refractivity contribution in [3.05, 3.63) is 65.5 Å². The maximum absolute atomic E-state index is 13.4. The Labute approximate surface area is 138 Å². The summed E-state index contributed by atoms with van der Waals surface area (Å²) in [6, 6.07) is 8.25. The second kappa shape index (κ2) is 8.71. The van der Waals surface area contributed by atoms with Crippen molar-refractivity contribution in [3.63, 3.8) is 0 Å². The Kier molecular flexibility index (Phi) is 6.36. The molecule has 2 N–H and O–H groups in total. The lowest BCUT2D eigenvalue weighted by atomic mass is 10.2. The molecule has 1 aromatic heterocycles. The molecule has 0 fully saturated rings. The van der Waals surface area contributed by atoms with Gasteiger partial charge in [-0.2, -0.15) is 0 Å². The number of halogens is 2. The summed E-state index contributed by atoms with van der Waals surface area (Å²) in [7, 11) is 0. The average Bonchev–Trinajstić information content (AvgIpc) is 2.55. The number of carbonyl (C=O) groups is 2. The Morgan fingerprint density at radius 2 is 1.88 bits per heavy atom. The van der Waals surface area contributed by atoms with Gasteiger partial charge in [-0.25, -0.2) is 8.78 Å². The molecule has 2 amide bonds. The third-order valence-electron chi connectivity index (χ3n) is 3.24. The van der Waals surface area contributed by atoms with E-state index in [9.17, 15) is 18.4 Å². The van der Waals surface area contributed by atoms with Gasteiger partial charge in [0.15, 0.2) is 0 Å². The van der Waals surface area contributed by atoms with E-state index in [1.54, 1.807) is 6.20 Å². The number of hydrogen-bond acceptors (Lipinski definition) is 3. The molecule has 1 aromatic carbocycles. The first-order chi connectivity index (χ1) is 11.6. The number of aromatic nitrogens is 1. The van der Waals surface area contributed by atoms with E-state index in [1.807, 2.05) is 18.2 Å². The smallest absolute Gasteiger partial charge is 0.254 e. The molecule has 2 aromatic rings. The standard InChI is InChI=1S/C17H17F2N3O2/c18-12-4-5-14(15(19)11-12)17(24)22-10-7-16(23)21-9-6-13-3-1-2-8-20-13/h1-5,8,11H,6-7,9-10H2,(H,21,23)(H,22,24). The molecule has 2 rings (SSSR count). The minimum Gasteiger partial charge on any atom is -0.356 e. The van der Waals surface area contributed by atoms with E-state index in [4.69, 9.17) is 0 Å². The van der Waals surface area contributed by atoms with Crippen molar-refractivity contribution >= 4 is 11.8 Å². The van der Waals surface area contributed by atoms with Gasteiger partial charge in [0, 0.05) is 43.9 Å². The van der Waals surface area contributed by atoms with Crippen molar-refractivity contribution in [2.24, 2.45) is 0 Å². The van der Waals surface area contributed by atoms with Crippen LogP contribution in [0, 0.1) is 11.6 Å². The van der Waals surface area contributed by atoms with E-state index in [1.165, 1.54) is 0 Å². The Hall–Kier alpha value is -2.83. The van der Waals surface area contributed by atoms with Crippen LogP contribution in [0.15, 0.2) is 42.6 Å². The van der Waals surface area contributed by atoms with Crippen LogP contribution in [0.2, 0.25) is 0 Å². The van der Waals surface area contributed by atoms with Gasteiger partial charge in [0.1, 0.15) is 11.6 Å². The van der Waals surface area contributed by atoms with E-state index >= 15 is 0 Å². The van der Waals surface area contributed by atoms with Crippen molar-refractivity contribution in [2.75, 3.05) is 13.1 Å². The minimum absolute atomic E-state index is 0.0606. The van der Waals surface area contributed by atoms with E-state index < -0.39 is 17.5 Å². The van der Waals surface area contributed by atoms with Crippen LogP contribution in [0.1, 0.15) is 22.5 Å². The normalized spacial score (nSPS) is 10.2. The number of carbonyl (C=O) groups excluding carboxylic acids is 2. The first kappa shape index (κ1) is 17.5. The van der Waals surface area contributed by atoms with Gasteiger partial charge in [-0.1, -0.05) is 6.07 Å². The molecule has 24 heavy (non-hydrogen) atoms. The predicted octanol–water partition coefficient (Wildman–Crippen LogP) is 1.84. The van der Waals surface area contributed by atoms with Crippen molar-refractivity contribution in [1.29, 1.82) is 0 Å². The Balaban J connectivity index is 1.67. The Morgan fingerprint density at radius 1 is 1.04 bits per heavy atom. The van der Waals surface area contributed by atoms with E-state index in [0.29, 0.717) is 19.0 Å². The van der Waals surface area contributed by atoms with Crippen LogP contribution < -0.4 is 10.6 Å². The molecule has 0 aliphatic rings. The second-order valence-electron chi connectivity index (χ2n) is 5.05. The molecular weight excluding hydrogens is 316 g/mol. The number of nitrogens with zero attached hydrogens (tertiary/aromatic N) is 1. The van der Waals surface area contributed by atoms with Crippen molar-refractivity contribution in [3.8, 4) is 0 Å². The lowest BCUT2D eigenvalue weighted by molar-refractivity contribution is -0.120. The molecule has 5 nitrogen and oxygen atoms in total. The third-order valence-corrected chi connectivity index (χ3v) is 3.24. The number of nitrogens with one attached hydrogen (secondary N) is 2. The van der Waals surface area contributed by atoms with Gasteiger partial charge in [0.2, 0.25) is 5.91 Å². The summed E-state index contributed by atoms with van der Waals surface area (Å²) in [5.74, 6) is -2.61. The highest BCUT2D eigenvalue weighted by Crippen LogP contribution is 2.09. The van der Waals surface area contributed by atoms with Crippen molar-refractivity contribution in [1.82, 2.24) is 15.6 Å². The van der Waals surface area contributed by atoms with Gasteiger partial charge < -0.3 is 10.6 Å². The van der Waals surface area contributed by atoms with Gasteiger partial charge in [-0.3, -0.25) is 14.6 Å². The van der Waals surface area contributed by atoms with Crippen molar-refractivity contribution < 1.29 is 18.4 Å². The molecule has 7 heteroatoms. The fourth-order valence-electron chi connectivity index (χ4n) is 2.02. The fraction of sp³-hybridized carbons (Fsp3) is 0.235. The third kappa shape index (κ3) is 5.42. The summed E-state index contributed by atoms with van der Waals surface area (Å²) in [6.07, 6.45) is 2.36. The molecule has 0 saturated carbocycles. The van der Waals surface area contributed by atoms with Gasteiger partial charge >= 0.3 is 0 Å². The maximum Gasteiger partial charge on any atom is 0.254 e. The number of benzene rings is 1. The van der Waals surface area contributed by atoms with Crippen LogP contribution in [0.4, 0.5) is 8.78 Å². The van der Waals surface area contributed by atoms with Crippen LogP contribution in [0.25, 0.3) is 0 Å². The Bertz CT molecular complexity index is 708. The quantitative estimate of drug-likeness (QED) is 0.812. The SMILES string of the molecule is O=C(CCNC(=O)c1ccc(F)cc1F)NCCc1ccccn1. The molecule has 1 heterocycles. The highest BCUT2D eigenvalue weighted by Gasteiger charge is 2.12. The lowest BCUT2D eigenvalue weighted by Gasteiger charge is -2.07. The molecule has 0 aliphatic heterocycles. The molecular formula is C17H17F2N3O2. The topological polar surface area (TPSA) is 71.1 Å². The fourth-order valence-corrected chi connectivity index (χ4v) is 2.02.